The predicted octanol–water partition coefficient (Wildman–Crippen LogP) is 3.14. The smallest absolute Gasteiger partial charge is 0.249 e. The molecule has 2 N–H and O–H groups in total. The fourth-order valence-corrected chi connectivity index (χ4v) is 3.13. The van der Waals surface area contributed by atoms with Gasteiger partial charge in [0.1, 0.15) is 18.7 Å². The van der Waals surface area contributed by atoms with Gasteiger partial charge in [-0.3, -0.25) is 14.4 Å². The van der Waals surface area contributed by atoms with Gasteiger partial charge in [0.25, 0.3) is 0 Å². The van der Waals surface area contributed by atoms with Gasteiger partial charge in [-0.2, -0.15) is 5.10 Å². The molecule has 2 heterocycles. The third-order valence-electron chi connectivity index (χ3n) is 4.02. The average molecular weight is 397 g/mol. The molecule has 0 saturated carbocycles. The Bertz CT molecular complexity index is 937. The second-order valence-electron chi connectivity index (χ2n) is 6.07. The van der Waals surface area contributed by atoms with E-state index in [2.05, 4.69) is 20.7 Å². The highest BCUT2D eigenvalue weighted by Gasteiger charge is 2.15. The summed E-state index contributed by atoms with van der Waals surface area (Å²) in [5, 5.41) is 11.3. The summed E-state index contributed by atoms with van der Waals surface area (Å²) in [6.07, 6.45) is 3.13. The Kier molecular flexibility index (Phi) is 6.28. The van der Waals surface area contributed by atoms with Crippen molar-refractivity contribution in [3.8, 4) is 0 Å². The molecule has 0 aliphatic heterocycles. The molecule has 0 radical (unpaired) electrons. The Morgan fingerprint density at radius 1 is 1.07 bits per heavy atom. The number of benzene rings is 1. The van der Waals surface area contributed by atoms with E-state index >= 15 is 0 Å². The Balaban J connectivity index is 1.48. The van der Waals surface area contributed by atoms with Gasteiger partial charge < -0.3 is 10.6 Å². The number of ketones is 1. The van der Waals surface area contributed by atoms with E-state index in [1.54, 1.807) is 37.3 Å². The first-order valence-electron chi connectivity index (χ1n) is 8.64. The lowest BCUT2D eigenvalue weighted by Gasteiger charge is -2.12. The molecule has 144 valence electrons. The van der Waals surface area contributed by atoms with Crippen LogP contribution in [-0.4, -0.2) is 32.4 Å². The van der Waals surface area contributed by atoms with E-state index < -0.39 is 6.04 Å². The Labute approximate surface area is 165 Å². The second-order valence-corrected chi connectivity index (χ2v) is 7.01. The lowest BCUT2D eigenvalue weighted by molar-refractivity contribution is -0.119. The number of aromatic nitrogens is 3. The topological polar surface area (TPSA) is 106 Å². The van der Waals surface area contributed by atoms with Crippen molar-refractivity contribution in [2.45, 2.75) is 25.8 Å². The lowest BCUT2D eigenvalue weighted by atomic mass is 10.2. The molecule has 28 heavy (non-hydrogen) atoms. The minimum absolute atomic E-state index is 0.0373. The molecule has 1 aromatic carbocycles. The molecule has 0 spiro atoms. The van der Waals surface area contributed by atoms with Gasteiger partial charge in [0, 0.05) is 24.2 Å². The minimum Gasteiger partial charge on any atom is -0.326 e. The van der Waals surface area contributed by atoms with E-state index in [0.717, 1.165) is 0 Å². The summed E-state index contributed by atoms with van der Waals surface area (Å²) in [5.74, 6) is -0.499. The maximum Gasteiger partial charge on any atom is 0.249 e. The first-order chi connectivity index (χ1) is 13.5. The summed E-state index contributed by atoms with van der Waals surface area (Å²) >= 11 is 1.37. The molecule has 3 aromatic rings. The number of carbonyl (C=O) groups excluding carboxylic acids is 3. The van der Waals surface area contributed by atoms with E-state index in [9.17, 15) is 14.4 Å². The van der Waals surface area contributed by atoms with Crippen molar-refractivity contribution >= 4 is 40.3 Å². The highest BCUT2D eigenvalue weighted by atomic mass is 32.1. The highest BCUT2D eigenvalue weighted by Crippen LogP contribution is 2.17. The monoisotopic (exact) mass is 397 g/mol. The van der Waals surface area contributed by atoms with E-state index in [1.165, 1.54) is 28.7 Å². The Morgan fingerprint density at radius 2 is 1.79 bits per heavy atom. The number of thiophene rings is 1. The summed E-state index contributed by atoms with van der Waals surface area (Å²) in [7, 11) is 0. The van der Waals surface area contributed by atoms with E-state index in [4.69, 9.17) is 0 Å². The van der Waals surface area contributed by atoms with Crippen LogP contribution in [0.15, 0.2) is 54.4 Å². The van der Waals surface area contributed by atoms with Crippen LogP contribution in [0.3, 0.4) is 0 Å². The van der Waals surface area contributed by atoms with Gasteiger partial charge in [-0.1, -0.05) is 6.07 Å². The number of Topliss-reactive ketones (excluding diaryl/α,β-unsaturated/α-hetero) is 1. The number of hydrogen-bond donors (Lipinski definition) is 2. The molecule has 0 unspecified atom stereocenters. The standard InChI is InChI=1S/C19H19N5O3S/c1-13(24-12-20-11-21-24)19(27)23-15-6-4-14(5-7-15)22-18(26)9-8-16(25)17-3-2-10-28-17/h2-7,10-13H,8-9H2,1H3,(H,22,26)(H,23,27)/t13-/m1/s1. The molecule has 1 atom stereocenters. The van der Waals surface area contributed by atoms with Gasteiger partial charge in [0.05, 0.1) is 4.88 Å². The van der Waals surface area contributed by atoms with Crippen molar-refractivity contribution < 1.29 is 14.4 Å². The zero-order chi connectivity index (χ0) is 19.9. The summed E-state index contributed by atoms with van der Waals surface area (Å²) in [4.78, 5) is 40.7. The number of hydrogen-bond acceptors (Lipinski definition) is 6. The maximum atomic E-state index is 12.2. The van der Waals surface area contributed by atoms with Gasteiger partial charge >= 0.3 is 0 Å². The number of nitrogens with one attached hydrogen (secondary N) is 2. The fraction of sp³-hybridized carbons (Fsp3) is 0.211. The molecule has 3 rings (SSSR count). The van der Waals surface area contributed by atoms with Gasteiger partial charge in [-0.05, 0) is 42.6 Å². The van der Waals surface area contributed by atoms with Crippen LogP contribution in [0, 0.1) is 0 Å². The Morgan fingerprint density at radius 3 is 2.39 bits per heavy atom. The van der Waals surface area contributed by atoms with Gasteiger partial charge in [-0.25, -0.2) is 9.67 Å². The number of amides is 2. The molecular formula is C19H19N5O3S. The van der Waals surface area contributed by atoms with Crippen molar-refractivity contribution in [2.24, 2.45) is 0 Å². The molecule has 2 amide bonds. The number of nitrogens with zero attached hydrogens (tertiary/aromatic N) is 3. The van der Waals surface area contributed by atoms with Crippen LogP contribution < -0.4 is 10.6 Å². The molecule has 0 saturated heterocycles. The number of rotatable bonds is 8. The van der Waals surface area contributed by atoms with E-state index in [-0.39, 0.29) is 30.4 Å². The molecule has 0 aliphatic rings. The molecule has 0 bridgehead atoms. The van der Waals surface area contributed by atoms with Crippen molar-refractivity contribution in [1.82, 2.24) is 14.8 Å². The van der Waals surface area contributed by atoms with Crippen LogP contribution in [0.4, 0.5) is 11.4 Å². The fourth-order valence-electron chi connectivity index (χ4n) is 2.43. The molecular weight excluding hydrogens is 378 g/mol. The van der Waals surface area contributed by atoms with Gasteiger partial charge in [0.15, 0.2) is 5.78 Å². The zero-order valence-electron chi connectivity index (χ0n) is 15.2. The van der Waals surface area contributed by atoms with Crippen molar-refractivity contribution in [2.75, 3.05) is 10.6 Å². The van der Waals surface area contributed by atoms with Crippen LogP contribution in [0.25, 0.3) is 0 Å². The summed E-state index contributed by atoms with van der Waals surface area (Å²) in [5.41, 5.74) is 1.19. The molecule has 0 aliphatic carbocycles. The van der Waals surface area contributed by atoms with Crippen LogP contribution >= 0.6 is 11.3 Å². The Hall–Kier alpha value is -3.33. The highest BCUT2D eigenvalue weighted by molar-refractivity contribution is 7.12. The summed E-state index contributed by atoms with van der Waals surface area (Å²) < 4.78 is 1.46. The van der Waals surface area contributed by atoms with Crippen molar-refractivity contribution in [1.29, 1.82) is 0 Å². The van der Waals surface area contributed by atoms with E-state index in [1.807, 2.05) is 11.4 Å². The average Bonchev–Trinajstić information content (AvgIpc) is 3.41. The quantitative estimate of drug-likeness (QED) is 0.568. The second kappa shape index (κ2) is 9.05. The van der Waals surface area contributed by atoms with E-state index in [0.29, 0.717) is 16.3 Å². The first kappa shape index (κ1) is 19.4. The maximum absolute atomic E-state index is 12.2. The normalized spacial score (nSPS) is 11.6. The zero-order valence-corrected chi connectivity index (χ0v) is 16.0. The van der Waals surface area contributed by atoms with Crippen molar-refractivity contribution in [3.05, 3.63) is 59.3 Å². The van der Waals surface area contributed by atoms with Crippen LogP contribution in [0.1, 0.15) is 35.5 Å². The van der Waals surface area contributed by atoms with Crippen LogP contribution in [-0.2, 0) is 9.59 Å². The molecule has 0 fully saturated rings. The third-order valence-corrected chi connectivity index (χ3v) is 4.94. The summed E-state index contributed by atoms with van der Waals surface area (Å²) in [6.45, 7) is 1.72. The van der Waals surface area contributed by atoms with Gasteiger partial charge in [-0.15, -0.1) is 11.3 Å². The third kappa shape index (κ3) is 5.10. The largest absolute Gasteiger partial charge is 0.326 e. The first-order valence-corrected chi connectivity index (χ1v) is 9.52. The van der Waals surface area contributed by atoms with Crippen molar-refractivity contribution in [3.63, 3.8) is 0 Å². The van der Waals surface area contributed by atoms with Gasteiger partial charge in [0.2, 0.25) is 11.8 Å². The SMILES string of the molecule is C[C@H](C(=O)Nc1ccc(NC(=O)CCC(=O)c2cccs2)cc1)n1cncn1. The number of anilines is 2. The summed E-state index contributed by atoms with van der Waals surface area (Å²) in [6, 6.07) is 9.83. The molecule has 9 heteroatoms. The lowest BCUT2D eigenvalue weighted by Crippen LogP contribution is -2.24. The predicted molar refractivity (Wildman–Crippen MR) is 106 cm³/mol. The van der Waals surface area contributed by atoms with Crippen LogP contribution in [0.5, 0.6) is 0 Å². The number of carbonyl (C=O) groups is 3. The minimum atomic E-state index is -0.497. The van der Waals surface area contributed by atoms with Crippen LogP contribution in [0.2, 0.25) is 0 Å². The molecule has 8 nitrogen and oxygen atoms in total. The molecule has 2 aromatic heterocycles.